The first kappa shape index (κ1) is 35.3. The molecule has 2 aliphatic heterocycles. The highest BCUT2D eigenvalue weighted by molar-refractivity contribution is 5.80. The SMILES string of the molecule is NC[C@H]1O[C@H](O[C@@H]2[C@@H](O)[C@H](O[C@H]3O[C@H](CO)[C@@H](O)[C@H](N)[C@H]3O)[C@@H](NC(=O)[C@H](O)C[C@H](N)CO)C[C@H]2N)[C@H](O)[C@@H](O)[C@@H]1O. The van der Waals surface area contributed by atoms with Gasteiger partial charge in [-0.3, -0.25) is 4.79 Å². The minimum absolute atomic E-state index is 0.188. The van der Waals surface area contributed by atoms with Crippen LogP contribution in [-0.4, -0.2) is 176 Å². The fourth-order valence-electron chi connectivity index (χ4n) is 5.25. The quantitative estimate of drug-likeness (QED) is 0.102. The van der Waals surface area contributed by atoms with Crippen LogP contribution in [0.3, 0.4) is 0 Å². The Morgan fingerprint density at radius 3 is 2.05 bits per heavy atom. The van der Waals surface area contributed by atoms with E-state index in [1.165, 1.54) is 0 Å². The lowest BCUT2D eigenvalue weighted by atomic mass is 9.83. The fourth-order valence-corrected chi connectivity index (χ4v) is 5.25. The molecule has 0 aromatic rings. The van der Waals surface area contributed by atoms with Crippen LogP contribution in [0.2, 0.25) is 0 Å². The van der Waals surface area contributed by atoms with Crippen molar-refractivity contribution >= 4 is 5.91 Å². The molecule has 0 radical (unpaired) electrons. The number of nitrogens with two attached hydrogens (primary N) is 4. The first-order valence-electron chi connectivity index (χ1n) is 13.6. The molecule has 3 fully saturated rings. The molecule has 19 heteroatoms. The van der Waals surface area contributed by atoms with Gasteiger partial charge in [0.2, 0.25) is 5.91 Å². The van der Waals surface area contributed by atoms with Gasteiger partial charge in [0.25, 0.3) is 0 Å². The largest absolute Gasteiger partial charge is 0.395 e. The van der Waals surface area contributed by atoms with Crippen molar-refractivity contribution in [1.82, 2.24) is 5.32 Å². The van der Waals surface area contributed by atoms with E-state index in [2.05, 4.69) is 5.32 Å². The van der Waals surface area contributed by atoms with Gasteiger partial charge >= 0.3 is 0 Å². The van der Waals surface area contributed by atoms with Gasteiger partial charge in [-0.1, -0.05) is 0 Å². The van der Waals surface area contributed by atoms with Gasteiger partial charge in [0.1, 0.15) is 67.1 Å². The van der Waals surface area contributed by atoms with Gasteiger partial charge in [-0.15, -0.1) is 0 Å². The summed E-state index contributed by atoms with van der Waals surface area (Å²) in [4.78, 5) is 12.8. The van der Waals surface area contributed by atoms with Crippen molar-refractivity contribution in [1.29, 1.82) is 0 Å². The van der Waals surface area contributed by atoms with Crippen LogP contribution >= 0.6 is 0 Å². The number of hydrogen-bond donors (Lipinski definition) is 14. The Labute approximate surface area is 240 Å². The maximum Gasteiger partial charge on any atom is 0.249 e. The zero-order valence-corrected chi connectivity index (χ0v) is 22.7. The highest BCUT2D eigenvalue weighted by Crippen LogP contribution is 2.32. The van der Waals surface area contributed by atoms with Crippen LogP contribution in [0, 0.1) is 0 Å². The summed E-state index contributed by atoms with van der Waals surface area (Å²) in [5.74, 6) is -0.948. The number of amides is 1. The molecule has 0 unspecified atom stereocenters. The maximum absolute atomic E-state index is 12.8. The van der Waals surface area contributed by atoms with Gasteiger partial charge in [-0.05, 0) is 12.8 Å². The molecule has 0 spiro atoms. The second-order valence-corrected chi connectivity index (χ2v) is 10.9. The molecular formula is C23H45N5O14. The molecule has 0 aromatic heterocycles. The first-order chi connectivity index (χ1) is 19.7. The van der Waals surface area contributed by atoms with Gasteiger partial charge in [0.15, 0.2) is 12.6 Å². The Morgan fingerprint density at radius 1 is 0.857 bits per heavy atom. The minimum atomic E-state index is -1.78. The molecule has 42 heavy (non-hydrogen) atoms. The van der Waals surface area contributed by atoms with E-state index in [1.54, 1.807) is 0 Å². The van der Waals surface area contributed by atoms with Gasteiger partial charge in [0, 0.05) is 18.6 Å². The fraction of sp³-hybridized carbons (Fsp3) is 0.957. The monoisotopic (exact) mass is 615 g/mol. The Balaban J connectivity index is 1.85. The number of aliphatic hydroxyl groups excluding tert-OH is 9. The molecule has 246 valence electrons. The molecule has 17 atom stereocenters. The smallest absolute Gasteiger partial charge is 0.249 e. The predicted octanol–water partition coefficient (Wildman–Crippen LogP) is -9.06. The van der Waals surface area contributed by atoms with Gasteiger partial charge in [0.05, 0.1) is 25.3 Å². The molecule has 3 aliphatic rings. The van der Waals surface area contributed by atoms with Crippen LogP contribution in [0.1, 0.15) is 12.8 Å². The highest BCUT2D eigenvalue weighted by Gasteiger charge is 2.52. The molecule has 2 saturated heterocycles. The summed E-state index contributed by atoms with van der Waals surface area (Å²) in [7, 11) is 0. The van der Waals surface area contributed by atoms with Crippen molar-refractivity contribution < 1.29 is 69.7 Å². The van der Waals surface area contributed by atoms with E-state index in [0.717, 1.165) is 0 Å². The third kappa shape index (κ3) is 7.71. The molecular weight excluding hydrogens is 570 g/mol. The summed E-state index contributed by atoms with van der Waals surface area (Å²) in [6.45, 7) is -1.44. The molecule has 3 rings (SSSR count). The third-order valence-corrected chi connectivity index (χ3v) is 7.83. The number of hydrogen-bond acceptors (Lipinski definition) is 18. The van der Waals surface area contributed by atoms with Crippen LogP contribution in [0.15, 0.2) is 0 Å². The van der Waals surface area contributed by atoms with E-state index in [4.69, 9.17) is 47.0 Å². The summed E-state index contributed by atoms with van der Waals surface area (Å²) in [5, 5.41) is 94.3. The number of carbonyl (C=O) groups excluding carboxylic acids is 1. The summed E-state index contributed by atoms with van der Waals surface area (Å²) < 4.78 is 22.5. The zero-order chi connectivity index (χ0) is 31.5. The molecule has 1 amide bonds. The molecule has 2 heterocycles. The van der Waals surface area contributed by atoms with Crippen LogP contribution < -0.4 is 28.3 Å². The van der Waals surface area contributed by atoms with E-state index < -0.39 is 123 Å². The average molecular weight is 616 g/mol. The molecule has 18 N–H and O–H groups in total. The second kappa shape index (κ2) is 15.2. The summed E-state index contributed by atoms with van der Waals surface area (Å²) in [6, 6.07) is -4.51. The van der Waals surface area contributed by atoms with Crippen molar-refractivity contribution in [2.45, 2.75) is 117 Å². The topological polar surface area (TPSA) is 352 Å². The Bertz CT molecular complexity index is 862. The number of ether oxygens (including phenoxy) is 4. The van der Waals surface area contributed by atoms with Crippen molar-refractivity contribution in [3.8, 4) is 0 Å². The van der Waals surface area contributed by atoms with Crippen molar-refractivity contribution in [3.63, 3.8) is 0 Å². The van der Waals surface area contributed by atoms with Crippen LogP contribution in [0.4, 0.5) is 0 Å². The lowest BCUT2D eigenvalue weighted by molar-refractivity contribution is -0.332. The Hall–Kier alpha value is -1.21. The number of aliphatic hydroxyl groups is 9. The van der Waals surface area contributed by atoms with Gasteiger partial charge in [-0.2, -0.15) is 0 Å². The summed E-state index contributed by atoms with van der Waals surface area (Å²) in [5.41, 5.74) is 23.3. The highest BCUT2D eigenvalue weighted by atomic mass is 16.7. The van der Waals surface area contributed by atoms with Crippen LogP contribution in [0.5, 0.6) is 0 Å². The maximum atomic E-state index is 12.8. The van der Waals surface area contributed by atoms with E-state index >= 15 is 0 Å². The van der Waals surface area contributed by atoms with E-state index in [-0.39, 0.29) is 19.4 Å². The van der Waals surface area contributed by atoms with Crippen molar-refractivity contribution in [2.24, 2.45) is 22.9 Å². The number of carbonyl (C=O) groups is 1. The van der Waals surface area contributed by atoms with E-state index in [1.807, 2.05) is 0 Å². The molecule has 0 aromatic carbocycles. The molecule has 1 saturated carbocycles. The van der Waals surface area contributed by atoms with E-state index in [9.17, 15) is 45.6 Å². The predicted molar refractivity (Wildman–Crippen MR) is 137 cm³/mol. The normalized spacial score (nSPS) is 46.2. The van der Waals surface area contributed by atoms with Gasteiger partial charge in [-0.25, -0.2) is 0 Å². The first-order valence-corrected chi connectivity index (χ1v) is 13.6. The molecule has 19 nitrogen and oxygen atoms in total. The Kier molecular flexibility index (Phi) is 12.8. The van der Waals surface area contributed by atoms with E-state index in [0.29, 0.717) is 0 Å². The van der Waals surface area contributed by atoms with Crippen LogP contribution in [0.25, 0.3) is 0 Å². The van der Waals surface area contributed by atoms with Crippen molar-refractivity contribution in [2.75, 3.05) is 19.8 Å². The van der Waals surface area contributed by atoms with Crippen LogP contribution in [-0.2, 0) is 23.7 Å². The number of nitrogens with one attached hydrogen (secondary N) is 1. The summed E-state index contributed by atoms with van der Waals surface area (Å²) >= 11 is 0. The molecule has 0 bridgehead atoms. The lowest BCUT2D eigenvalue weighted by Gasteiger charge is -2.49. The summed E-state index contributed by atoms with van der Waals surface area (Å²) in [6.07, 6.45) is -20.7. The zero-order valence-electron chi connectivity index (χ0n) is 22.7. The Morgan fingerprint density at radius 2 is 1.45 bits per heavy atom. The molecule has 1 aliphatic carbocycles. The third-order valence-electron chi connectivity index (χ3n) is 7.83. The number of rotatable bonds is 11. The standard InChI is InChI=1S/C23H45N5O14/c24-3-10-14(33)16(35)17(36)23(39-10)41-19-7(26)2-8(28-21(38)9(31)1-6(25)4-29)20(18(19)37)42-22-15(34)12(27)13(32)11(5-30)40-22/h6-20,22-23,29-37H,1-5,24-27H2,(H,28,38)/t6-,7+,8-,9+,10+,11+,12-,13+,14+,15+,16-,17+,18+,19-,20+,22+,23+/m0/s1. The van der Waals surface area contributed by atoms with Crippen molar-refractivity contribution in [3.05, 3.63) is 0 Å². The average Bonchev–Trinajstić information content (AvgIpc) is 2.96. The lowest BCUT2D eigenvalue weighted by Crippen LogP contribution is -2.69. The second-order valence-electron chi connectivity index (χ2n) is 10.9. The van der Waals surface area contributed by atoms with Gasteiger partial charge < -0.3 is 93.2 Å². The minimum Gasteiger partial charge on any atom is -0.395 e.